The first-order chi connectivity index (χ1) is 16.4. The number of nitrogens with one attached hydrogen (secondary N) is 1. The van der Waals surface area contributed by atoms with Gasteiger partial charge in [-0.1, -0.05) is 30.3 Å². The Kier molecular flexibility index (Phi) is 9.64. The van der Waals surface area contributed by atoms with Crippen LogP contribution in [0.4, 0.5) is 9.59 Å². The van der Waals surface area contributed by atoms with E-state index in [1.54, 1.807) is 58.0 Å². The number of carbonyl (C=O) groups is 2. The molecule has 0 saturated carbocycles. The second kappa shape index (κ2) is 12.2. The molecule has 0 spiro atoms. The maximum absolute atomic E-state index is 13.2. The predicted molar refractivity (Wildman–Crippen MR) is 131 cm³/mol. The van der Waals surface area contributed by atoms with Crippen LogP contribution in [0.15, 0.2) is 63.9 Å². The van der Waals surface area contributed by atoms with Gasteiger partial charge in [-0.15, -0.1) is 0 Å². The number of amides is 2. The van der Waals surface area contributed by atoms with Crippen molar-refractivity contribution in [3.05, 3.63) is 60.2 Å². The zero-order valence-corrected chi connectivity index (χ0v) is 21.4. The predicted octanol–water partition coefficient (Wildman–Crippen LogP) is 4.16. The molecule has 0 fully saturated rings. The third-order valence-corrected chi connectivity index (χ3v) is 5.82. The second-order valence-corrected chi connectivity index (χ2v) is 9.64. The topological polar surface area (TPSA) is 124 Å². The fraction of sp³-hybridized carbons (Fsp3) is 0.375. The Hall–Kier alpha value is -3.60. The summed E-state index contributed by atoms with van der Waals surface area (Å²) in [6.07, 6.45) is -2.76. The van der Waals surface area contributed by atoms with E-state index >= 15 is 0 Å². The Morgan fingerprint density at radius 2 is 1.46 bits per heavy atom. The molecular formula is C24H31N3O7S. The lowest BCUT2D eigenvalue weighted by Crippen LogP contribution is -2.55. The van der Waals surface area contributed by atoms with Crippen LogP contribution in [0.3, 0.4) is 0 Å². The molecule has 1 atom stereocenters. The average molecular weight is 506 g/mol. The summed E-state index contributed by atoms with van der Waals surface area (Å²) >= 11 is 0. The first-order valence-electron chi connectivity index (χ1n) is 11.0. The van der Waals surface area contributed by atoms with E-state index in [1.165, 1.54) is 38.3 Å². The highest BCUT2D eigenvalue weighted by Gasteiger charge is 2.31. The van der Waals surface area contributed by atoms with E-state index in [9.17, 15) is 18.0 Å². The minimum absolute atomic E-state index is 0.00645. The molecule has 190 valence electrons. The average Bonchev–Trinajstić information content (AvgIpc) is 2.80. The molecular weight excluding hydrogens is 474 g/mol. The molecule has 0 bridgehead atoms. The Bertz CT molecular complexity index is 1130. The van der Waals surface area contributed by atoms with Crippen molar-refractivity contribution >= 4 is 27.9 Å². The summed E-state index contributed by atoms with van der Waals surface area (Å²) in [5, 5.41) is 0.861. The summed E-state index contributed by atoms with van der Waals surface area (Å²) < 4.78 is 45.9. The minimum atomic E-state index is -4.20. The van der Waals surface area contributed by atoms with E-state index in [-0.39, 0.29) is 10.6 Å². The Morgan fingerprint density at radius 3 is 1.97 bits per heavy atom. The maximum Gasteiger partial charge on any atom is 0.429 e. The van der Waals surface area contributed by atoms with Crippen LogP contribution >= 0.6 is 0 Å². The monoisotopic (exact) mass is 505 g/mol. The van der Waals surface area contributed by atoms with Crippen molar-refractivity contribution in [3.63, 3.8) is 0 Å². The molecule has 0 saturated heterocycles. The SMILES string of the molecule is COc1ccc(S(=O)(=O)/N=C(\c2ccccc2)[C@@H](C)N(NC(=O)OC(C)C)C(=O)OC(C)C)cc1. The van der Waals surface area contributed by atoms with Gasteiger partial charge in [0.2, 0.25) is 0 Å². The normalized spacial score (nSPS) is 12.7. The van der Waals surface area contributed by atoms with Crippen molar-refractivity contribution in [1.82, 2.24) is 10.4 Å². The highest BCUT2D eigenvalue weighted by molar-refractivity contribution is 7.90. The van der Waals surface area contributed by atoms with Crippen molar-refractivity contribution in [2.24, 2.45) is 4.40 Å². The molecule has 2 aromatic rings. The first-order valence-corrected chi connectivity index (χ1v) is 12.4. The molecule has 10 nitrogen and oxygen atoms in total. The number of nitrogens with zero attached hydrogens (tertiary/aromatic N) is 2. The molecule has 0 aromatic heterocycles. The van der Waals surface area contributed by atoms with Gasteiger partial charge in [-0.3, -0.25) is 0 Å². The standard InChI is InChI=1S/C24H31N3O7S/c1-16(2)33-23(28)25-27(24(29)34-17(3)4)18(5)22(19-10-8-7-9-11-19)26-35(30,31)21-14-12-20(32-6)13-15-21/h7-18H,1-6H3,(H,25,28)/b26-22-/t18-/m1/s1. The lowest BCUT2D eigenvalue weighted by atomic mass is 10.0. The fourth-order valence-corrected chi connectivity index (χ4v) is 4.03. The van der Waals surface area contributed by atoms with E-state index in [0.717, 1.165) is 5.01 Å². The number of hydrogen-bond acceptors (Lipinski definition) is 7. The highest BCUT2D eigenvalue weighted by Crippen LogP contribution is 2.20. The lowest BCUT2D eigenvalue weighted by Gasteiger charge is -2.30. The van der Waals surface area contributed by atoms with Crippen LogP contribution in [0.1, 0.15) is 40.2 Å². The van der Waals surface area contributed by atoms with E-state index < -0.39 is 40.5 Å². The van der Waals surface area contributed by atoms with Crippen molar-refractivity contribution in [2.45, 2.75) is 57.8 Å². The summed E-state index contributed by atoms with van der Waals surface area (Å²) in [6.45, 7) is 8.11. The van der Waals surface area contributed by atoms with Crippen LogP contribution in [0, 0.1) is 0 Å². The number of sulfonamides is 1. The van der Waals surface area contributed by atoms with Gasteiger partial charge in [0, 0.05) is 0 Å². The summed E-state index contributed by atoms with van der Waals surface area (Å²) in [5.41, 5.74) is 2.79. The maximum atomic E-state index is 13.2. The largest absolute Gasteiger partial charge is 0.497 e. The van der Waals surface area contributed by atoms with Gasteiger partial charge >= 0.3 is 12.2 Å². The number of rotatable bonds is 8. The molecule has 11 heteroatoms. The molecule has 0 unspecified atom stereocenters. The Morgan fingerprint density at radius 1 is 0.886 bits per heavy atom. The molecule has 0 heterocycles. The molecule has 35 heavy (non-hydrogen) atoms. The van der Waals surface area contributed by atoms with Crippen molar-refractivity contribution in [2.75, 3.05) is 7.11 Å². The number of ether oxygens (including phenoxy) is 3. The van der Waals surface area contributed by atoms with Crippen LogP contribution < -0.4 is 10.2 Å². The molecule has 0 aliphatic rings. The summed E-state index contributed by atoms with van der Waals surface area (Å²) in [5.74, 6) is 0.486. The van der Waals surface area contributed by atoms with Crippen molar-refractivity contribution < 1.29 is 32.2 Å². The van der Waals surface area contributed by atoms with Crippen LogP contribution in [0.5, 0.6) is 5.75 Å². The third-order valence-electron chi connectivity index (χ3n) is 4.52. The number of benzene rings is 2. The van der Waals surface area contributed by atoms with E-state index in [4.69, 9.17) is 14.2 Å². The zero-order valence-electron chi connectivity index (χ0n) is 20.6. The number of hydrazine groups is 1. The van der Waals surface area contributed by atoms with Crippen molar-refractivity contribution in [1.29, 1.82) is 0 Å². The first kappa shape index (κ1) is 27.6. The van der Waals surface area contributed by atoms with Crippen LogP contribution in [0.25, 0.3) is 0 Å². The van der Waals surface area contributed by atoms with Crippen molar-refractivity contribution in [3.8, 4) is 5.75 Å². The van der Waals surface area contributed by atoms with Crippen LogP contribution in [-0.4, -0.2) is 56.7 Å². The number of hydrogen-bond donors (Lipinski definition) is 1. The van der Waals surface area contributed by atoms with Gasteiger partial charge in [0.1, 0.15) is 5.75 Å². The van der Waals surface area contributed by atoms with E-state index in [1.807, 2.05) is 0 Å². The fourth-order valence-electron chi connectivity index (χ4n) is 2.93. The molecule has 2 amide bonds. The highest BCUT2D eigenvalue weighted by atomic mass is 32.2. The number of methoxy groups -OCH3 is 1. The van der Waals surface area contributed by atoms with E-state index in [0.29, 0.717) is 11.3 Å². The molecule has 2 rings (SSSR count). The van der Waals surface area contributed by atoms with Crippen LogP contribution in [-0.2, 0) is 19.5 Å². The summed E-state index contributed by atoms with van der Waals surface area (Å²) in [6, 6.07) is 13.1. The van der Waals surface area contributed by atoms with Gasteiger partial charge in [0.25, 0.3) is 10.0 Å². The van der Waals surface area contributed by atoms with Gasteiger partial charge in [-0.05, 0) is 64.4 Å². The summed E-state index contributed by atoms with van der Waals surface area (Å²) in [4.78, 5) is 25.1. The van der Waals surface area contributed by atoms with Gasteiger partial charge in [-0.25, -0.2) is 20.0 Å². The molecule has 0 aliphatic carbocycles. The third kappa shape index (κ3) is 7.99. The van der Waals surface area contributed by atoms with Crippen LogP contribution in [0.2, 0.25) is 0 Å². The zero-order chi connectivity index (χ0) is 26.2. The minimum Gasteiger partial charge on any atom is -0.497 e. The van der Waals surface area contributed by atoms with Gasteiger partial charge < -0.3 is 14.2 Å². The van der Waals surface area contributed by atoms with Gasteiger partial charge in [-0.2, -0.15) is 12.8 Å². The molecule has 1 N–H and O–H groups in total. The smallest absolute Gasteiger partial charge is 0.429 e. The van der Waals surface area contributed by atoms with Gasteiger partial charge in [0.15, 0.2) is 0 Å². The summed E-state index contributed by atoms with van der Waals surface area (Å²) in [7, 11) is -2.73. The van der Waals surface area contributed by atoms with E-state index in [2.05, 4.69) is 9.82 Å². The molecule has 2 aromatic carbocycles. The lowest BCUT2D eigenvalue weighted by molar-refractivity contribution is 0.0427. The quantitative estimate of drug-likeness (QED) is 0.422. The number of carbonyl (C=O) groups excluding carboxylic acids is 2. The second-order valence-electron chi connectivity index (χ2n) is 8.04. The molecule has 0 aliphatic heterocycles. The molecule has 0 radical (unpaired) electrons. The Balaban J connectivity index is 2.57. The Labute approximate surface area is 205 Å². The van der Waals surface area contributed by atoms with Gasteiger partial charge in [0.05, 0.1) is 36.0 Å².